The third-order valence-electron chi connectivity index (χ3n) is 7.91. The van der Waals surface area contributed by atoms with E-state index in [0.29, 0.717) is 10.0 Å². The van der Waals surface area contributed by atoms with Gasteiger partial charge in [0.15, 0.2) is 5.65 Å². The molecule has 0 saturated carbocycles. The smallest absolute Gasteiger partial charge is 0.158 e. The van der Waals surface area contributed by atoms with Crippen molar-refractivity contribution in [1.82, 2.24) is 19.7 Å². The predicted octanol–water partition coefficient (Wildman–Crippen LogP) is 8.11. The first-order valence-corrected chi connectivity index (χ1v) is 16.7. The van der Waals surface area contributed by atoms with Crippen LogP contribution in [0.3, 0.4) is 0 Å². The first kappa shape index (κ1) is 28.5. The zero-order valence-electron chi connectivity index (χ0n) is 22.4. The van der Waals surface area contributed by atoms with Crippen molar-refractivity contribution in [3.8, 4) is 0 Å². The highest BCUT2D eigenvalue weighted by molar-refractivity contribution is 9.10. The first-order chi connectivity index (χ1) is 19.1. The number of nitrogens with zero attached hydrogens (tertiary/aromatic N) is 3. The van der Waals surface area contributed by atoms with Crippen molar-refractivity contribution in [1.29, 1.82) is 0 Å². The SMILES string of the molecule is CC(C)(C)[S@](=O)N[C@@H]1c2ccccc2CC12CCN(c1[nH]c3ncc(Sc4cccc(Cl)c4Cl)nc3c1Br)CC2. The Hall–Kier alpha value is -1.62. The van der Waals surface area contributed by atoms with Crippen LogP contribution in [-0.4, -0.2) is 37.0 Å². The second kappa shape index (κ2) is 10.9. The van der Waals surface area contributed by atoms with Gasteiger partial charge in [-0.05, 0) is 84.6 Å². The summed E-state index contributed by atoms with van der Waals surface area (Å²) in [5, 5.41) is 1.77. The van der Waals surface area contributed by atoms with Gasteiger partial charge in [0.25, 0.3) is 0 Å². The highest BCUT2D eigenvalue weighted by Gasteiger charge is 2.49. The molecule has 0 radical (unpaired) electrons. The Bertz CT molecular complexity index is 1610. The topological polar surface area (TPSA) is 73.9 Å². The summed E-state index contributed by atoms with van der Waals surface area (Å²) in [6.07, 6.45) is 4.72. The van der Waals surface area contributed by atoms with E-state index in [4.69, 9.17) is 28.2 Å². The number of piperidine rings is 1. The monoisotopic (exact) mass is 677 g/mol. The lowest BCUT2D eigenvalue weighted by atomic mass is 9.73. The molecular weight excluding hydrogens is 649 g/mol. The maximum atomic E-state index is 13.2. The fourth-order valence-electron chi connectivity index (χ4n) is 5.74. The van der Waals surface area contributed by atoms with E-state index in [0.717, 1.165) is 63.7 Å². The summed E-state index contributed by atoms with van der Waals surface area (Å²) in [5.41, 5.74) is 4.20. The third kappa shape index (κ3) is 5.22. The zero-order valence-corrected chi connectivity index (χ0v) is 27.2. The van der Waals surface area contributed by atoms with Crippen LogP contribution in [0.25, 0.3) is 11.2 Å². The number of nitrogens with one attached hydrogen (secondary N) is 2. The van der Waals surface area contributed by atoms with Crippen LogP contribution < -0.4 is 9.62 Å². The molecule has 2 N–H and O–H groups in total. The number of benzene rings is 2. The molecule has 2 atom stereocenters. The summed E-state index contributed by atoms with van der Waals surface area (Å²) in [7, 11) is -1.15. The molecule has 0 amide bonds. The van der Waals surface area contributed by atoms with Crippen molar-refractivity contribution in [2.45, 2.75) is 60.7 Å². The number of anilines is 1. The minimum absolute atomic E-state index is 0.0239. The molecule has 1 saturated heterocycles. The van der Waals surface area contributed by atoms with Crippen molar-refractivity contribution < 1.29 is 4.21 Å². The van der Waals surface area contributed by atoms with Crippen LogP contribution in [0.5, 0.6) is 0 Å². The maximum Gasteiger partial charge on any atom is 0.158 e. The maximum absolute atomic E-state index is 13.2. The molecular formula is C29H30BrCl2N5OS2. The second-order valence-corrected chi connectivity index (χ2v) is 16.1. The standard InChI is InChI=1S/C29H30BrCl2N5OS2/c1-28(2,3)40(38)36-25-18-8-5-4-7-17(18)15-29(25)11-13-37(14-12-29)27-22(30)24-26(35-27)33-16-21(34-24)39-20-10-6-9-19(31)23(20)32/h4-10,16,25,36H,11-15H2,1-3H3,(H,33,35)/t25-,40+/m1/s1. The van der Waals surface area contributed by atoms with Gasteiger partial charge in [0.2, 0.25) is 0 Å². The average molecular weight is 680 g/mol. The molecule has 0 unspecified atom stereocenters. The molecule has 4 aromatic rings. The van der Waals surface area contributed by atoms with E-state index in [-0.39, 0.29) is 16.2 Å². The molecule has 6 rings (SSSR count). The minimum Gasteiger partial charge on any atom is -0.357 e. The molecule has 11 heteroatoms. The van der Waals surface area contributed by atoms with Crippen LogP contribution in [0.15, 0.2) is 63.1 Å². The quantitative estimate of drug-likeness (QED) is 0.223. The number of aromatic nitrogens is 3. The van der Waals surface area contributed by atoms with E-state index < -0.39 is 11.0 Å². The Kier molecular flexibility index (Phi) is 7.76. The van der Waals surface area contributed by atoms with Crippen LogP contribution in [-0.2, 0) is 17.4 Å². The summed E-state index contributed by atoms with van der Waals surface area (Å²) in [6.45, 7) is 7.82. The molecule has 6 nitrogen and oxygen atoms in total. The molecule has 210 valence electrons. The van der Waals surface area contributed by atoms with Gasteiger partial charge < -0.3 is 9.88 Å². The predicted molar refractivity (Wildman–Crippen MR) is 170 cm³/mol. The molecule has 2 aliphatic rings. The Morgan fingerprint density at radius 1 is 1.15 bits per heavy atom. The summed E-state index contributed by atoms with van der Waals surface area (Å²) >= 11 is 17.8. The summed E-state index contributed by atoms with van der Waals surface area (Å²) < 4.78 is 17.3. The van der Waals surface area contributed by atoms with E-state index in [1.165, 1.54) is 22.9 Å². The van der Waals surface area contributed by atoms with Crippen molar-refractivity contribution in [3.63, 3.8) is 0 Å². The highest BCUT2D eigenvalue weighted by Crippen LogP contribution is 2.53. The number of fused-ring (bicyclic) bond motifs is 2. The Balaban J connectivity index is 1.23. The average Bonchev–Trinajstić information content (AvgIpc) is 3.41. The van der Waals surface area contributed by atoms with Crippen molar-refractivity contribution in [2.24, 2.45) is 5.41 Å². The molecule has 0 bridgehead atoms. The van der Waals surface area contributed by atoms with Gasteiger partial charge >= 0.3 is 0 Å². The van der Waals surface area contributed by atoms with Gasteiger partial charge in [-0.25, -0.2) is 18.9 Å². The van der Waals surface area contributed by atoms with E-state index in [1.807, 2.05) is 32.9 Å². The van der Waals surface area contributed by atoms with Crippen LogP contribution in [0, 0.1) is 5.41 Å². The number of H-pyrrole nitrogens is 1. The Morgan fingerprint density at radius 3 is 2.65 bits per heavy atom. The van der Waals surface area contributed by atoms with Crippen LogP contribution in [0.1, 0.15) is 50.8 Å². The zero-order chi connectivity index (χ0) is 28.2. The van der Waals surface area contributed by atoms with Gasteiger partial charge in [0.05, 0.1) is 42.5 Å². The second-order valence-electron chi connectivity index (χ2n) is 11.5. The van der Waals surface area contributed by atoms with Crippen molar-refractivity contribution >= 4 is 78.9 Å². The fourth-order valence-corrected chi connectivity index (χ4v) is 8.60. The van der Waals surface area contributed by atoms with Gasteiger partial charge in [-0.15, -0.1) is 0 Å². The van der Waals surface area contributed by atoms with Crippen LogP contribution >= 0.6 is 50.9 Å². The first-order valence-electron chi connectivity index (χ1n) is 13.2. The lowest BCUT2D eigenvalue weighted by Crippen LogP contribution is -2.48. The molecule has 1 aliphatic heterocycles. The fraction of sp³-hybridized carbons (Fsp3) is 0.379. The van der Waals surface area contributed by atoms with Gasteiger partial charge in [0.1, 0.15) is 16.4 Å². The Labute approximate surface area is 259 Å². The number of aromatic amines is 1. The third-order valence-corrected chi connectivity index (χ3v) is 12.1. The molecule has 2 aromatic carbocycles. The van der Waals surface area contributed by atoms with Gasteiger partial charge in [-0.3, -0.25) is 0 Å². The van der Waals surface area contributed by atoms with Gasteiger partial charge in [-0.2, -0.15) is 0 Å². The van der Waals surface area contributed by atoms with E-state index in [1.54, 1.807) is 12.3 Å². The van der Waals surface area contributed by atoms with Crippen molar-refractivity contribution in [2.75, 3.05) is 18.0 Å². The molecule has 2 aromatic heterocycles. The van der Waals surface area contributed by atoms with E-state index in [2.05, 4.69) is 59.8 Å². The minimum atomic E-state index is -1.15. The van der Waals surface area contributed by atoms with Crippen LogP contribution in [0.2, 0.25) is 10.0 Å². The summed E-state index contributed by atoms with van der Waals surface area (Å²) in [4.78, 5) is 16.2. The van der Waals surface area contributed by atoms with Crippen LogP contribution in [0.4, 0.5) is 5.82 Å². The number of halogens is 3. The number of rotatable bonds is 5. The Morgan fingerprint density at radius 2 is 1.90 bits per heavy atom. The number of hydrogen-bond acceptors (Lipinski definition) is 5. The van der Waals surface area contributed by atoms with Gasteiger partial charge in [-0.1, -0.05) is 65.3 Å². The normalized spacial score (nSPS) is 19.4. The molecule has 1 aliphatic carbocycles. The molecule has 1 fully saturated rings. The van der Waals surface area contributed by atoms with E-state index >= 15 is 0 Å². The molecule has 40 heavy (non-hydrogen) atoms. The highest BCUT2D eigenvalue weighted by atomic mass is 79.9. The lowest BCUT2D eigenvalue weighted by Gasteiger charge is -2.44. The largest absolute Gasteiger partial charge is 0.357 e. The molecule has 3 heterocycles. The van der Waals surface area contributed by atoms with E-state index in [9.17, 15) is 4.21 Å². The molecule has 1 spiro atoms. The summed E-state index contributed by atoms with van der Waals surface area (Å²) in [6, 6.07) is 14.3. The lowest BCUT2D eigenvalue weighted by molar-refractivity contribution is 0.177. The number of hydrogen-bond donors (Lipinski definition) is 2. The summed E-state index contributed by atoms with van der Waals surface area (Å²) in [5.74, 6) is 0.992. The van der Waals surface area contributed by atoms with Crippen molar-refractivity contribution in [3.05, 3.63) is 74.3 Å². The van der Waals surface area contributed by atoms with Gasteiger partial charge in [0, 0.05) is 18.0 Å².